The molecule has 0 saturated carbocycles. The third-order valence-electron chi connectivity index (χ3n) is 2.36. The summed E-state index contributed by atoms with van der Waals surface area (Å²) in [6, 6.07) is -1.85. The first-order valence-corrected chi connectivity index (χ1v) is 6.09. The minimum atomic E-state index is -2.57. The van der Waals surface area contributed by atoms with E-state index in [9.17, 15) is 18.4 Å². The number of carboxylic acids is 1. The fraction of sp³-hybridized carbons (Fsp3) is 0.545. The van der Waals surface area contributed by atoms with E-state index < -0.39 is 31.1 Å². The van der Waals surface area contributed by atoms with E-state index in [1.54, 1.807) is 0 Å². The number of nitrogens with zero attached hydrogens (tertiary/aromatic N) is 1. The van der Waals surface area contributed by atoms with Crippen LogP contribution in [0.2, 0.25) is 0 Å². The molecule has 1 heterocycles. The van der Waals surface area contributed by atoms with Crippen LogP contribution in [0.25, 0.3) is 0 Å². The summed E-state index contributed by atoms with van der Waals surface area (Å²) in [6.07, 6.45) is 0.331. The molecule has 0 spiro atoms. The van der Waals surface area contributed by atoms with Gasteiger partial charge >= 0.3 is 12.0 Å². The molecular weight excluding hydrogens is 290 g/mol. The largest absolute Gasteiger partial charge is 0.480 e. The minimum absolute atomic E-state index is 0.00501. The topological polar surface area (TPSA) is 116 Å². The zero-order valence-corrected chi connectivity index (χ0v) is 11.0. The van der Waals surface area contributed by atoms with Gasteiger partial charge in [0.1, 0.15) is 12.6 Å². The Bertz CT molecular complexity index is 441. The van der Waals surface area contributed by atoms with Crippen LogP contribution in [-0.4, -0.2) is 59.3 Å². The Morgan fingerprint density at radius 3 is 2.81 bits per heavy atom. The van der Waals surface area contributed by atoms with Crippen LogP contribution in [0.15, 0.2) is 12.5 Å². The smallest absolute Gasteiger partial charge is 0.326 e. The Morgan fingerprint density at radius 1 is 1.48 bits per heavy atom. The lowest BCUT2D eigenvalue weighted by atomic mass is 10.2. The van der Waals surface area contributed by atoms with E-state index in [4.69, 9.17) is 5.11 Å². The number of hydrogen-bond donors (Lipinski definition) is 4. The standard InChI is InChI=1S/C11H16F2N4O4/c12-9(13)5-21-2-1-15-11(20)17-8(10(18)19)3-7-4-14-6-16-7/h4,6,8-9H,1-3,5H2,(H,14,16)(H,18,19)(H2,15,17,20). The molecule has 0 saturated heterocycles. The molecule has 21 heavy (non-hydrogen) atoms. The Kier molecular flexibility index (Phi) is 7.09. The monoisotopic (exact) mass is 306 g/mol. The van der Waals surface area contributed by atoms with Crippen LogP contribution < -0.4 is 10.6 Å². The quantitative estimate of drug-likeness (QED) is 0.479. The van der Waals surface area contributed by atoms with E-state index in [2.05, 4.69) is 25.3 Å². The second-order valence-electron chi connectivity index (χ2n) is 4.04. The SMILES string of the molecule is O=C(NCCOCC(F)F)NC(Cc1cnc[nH]1)C(=O)O. The Morgan fingerprint density at radius 2 is 2.24 bits per heavy atom. The molecule has 8 nitrogen and oxygen atoms in total. The fourth-order valence-electron chi connectivity index (χ4n) is 1.43. The number of ether oxygens (including phenoxy) is 1. The summed E-state index contributed by atoms with van der Waals surface area (Å²) in [5, 5.41) is 13.6. The van der Waals surface area contributed by atoms with Crippen LogP contribution in [0.5, 0.6) is 0 Å². The molecule has 0 aliphatic heterocycles. The number of aromatic amines is 1. The number of aliphatic carboxylic acids is 1. The van der Waals surface area contributed by atoms with Crippen LogP contribution in [0.1, 0.15) is 5.69 Å². The molecule has 0 aliphatic rings. The van der Waals surface area contributed by atoms with Gasteiger partial charge in [-0.25, -0.2) is 23.4 Å². The van der Waals surface area contributed by atoms with Gasteiger partial charge in [0.25, 0.3) is 6.43 Å². The number of carbonyl (C=O) groups is 2. The van der Waals surface area contributed by atoms with Gasteiger partial charge in [-0.2, -0.15) is 0 Å². The highest BCUT2D eigenvalue weighted by Gasteiger charge is 2.20. The van der Waals surface area contributed by atoms with E-state index in [-0.39, 0.29) is 19.6 Å². The van der Waals surface area contributed by atoms with Crippen molar-refractivity contribution in [1.29, 1.82) is 0 Å². The summed E-state index contributed by atoms with van der Waals surface area (Å²) >= 11 is 0. The number of nitrogens with one attached hydrogen (secondary N) is 3. The zero-order valence-electron chi connectivity index (χ0n) is 11.0. The highest BCUT2D eigenvalue weighted by atomic mass is 19.3. The molecule has 0 aliphatic carbocycles. The van der Waals surface area contributed by atoms with Crippen molar-refractivity contribution in [2.45, 2.75) is 18.9 Å². The highest BCUT2D eigenvalue weighted by Crippen LogP contribution is 1.98. The van der Waals surface area contributed by atoms with Gasteiger partial charge in [-0.1, -0.05) is 0 Å². The molecule has 1 aromatic rings. The zero-order chi connectivity index (χ0) is 15.7. The number of urea groups is 1. The number of hydrogen-bond acceptors (Lipinski definition) is 4. The van der Waals surface area contributed by atoms with Crippen molar-refractivity contribution in [2.75, 3.05) is 19.8 Å². The van der Waals surface area contributed by atoms with E-state index in [0.717, 1.165) is 0 Å². The first kappa shape index (κ1) is 16.8. The van der Waals surface area contributed by atoms with E-state index in [1.807, 2.05) is 0 Å². The van der Waals surface area contributed by atoms with Gasteiger partial charge in [0.2, 0.25) is 0 Å². The molecule has 1 aromatic heterocycles. The van der Waals surface area contributed by atoms with Gasteiger partial charge in [0.15, 0.2) is 0 Å². The Labute approximate surface area is 118 Å². The first-order chi connectivity index (χ1) is 9.99. The molecule has 4 N–H and O–H groups in total. The van der Waals surface area contributed by atoms with Crippen molar-refractivity contribution in [2.24, 2.45) is 0 Å². The van der Waals surface area contributed by atoms with E-state index in [1.165, 1.54) is 12.5 Å². The molecule has 118 valence electrons. The lowest BCUT2D eigenvalue weighted by Gasteiger charge is -2.14. The maximum Gasteiger partial charge on any atom is 0.326 e. The van der Waals surface area contributed by atoms with Crippen LogP contribution in [0.4, 0.5) is 13.6 Å². The van der Waals surface area contributed by atoms with E-state index >= 15 is 0 Å². The first-order valence-electron chi connectivity index (χ1n) is 6.09. The minimum Gasteiger partial charge on any atom is -0.480 e. The Hall–Kier alpha value is -2.23. The lowest BCUT2D eigenvalue weighted by Crippen LogP contribution is -2.47. The predicted molar refractivity (Wildman–Crippen MR) is 67.1 cm³/mol. The van der Waals surface area contributed by atoms with Gasteiger partial charge in [0, 0.05) is 24.9 Å². The summed E-state index contributed by atoms with van der Waals surface area (Å²) in [5.74, 6) is -1.20. The van der Waals surface area contributed by atoms with Crippen LogP contribution >= 0.6 is 0 Å². The van der Waals surface area contributed by atoms with Crippen LogP contribution in [0.3, 0.4) is 0 Å². The molecule has 0 radical (unpaired) electrons. The van der Waals surface area contributed by atoms with Crippen LogP contribution in [0, 0.1) is 0 Å². The number of amides is 2. The van der Waals surface area contributed by atoms with Crippen molar-refractivity contribution in [3.8, 4) is 0 Å². The highest BCUT2D eigenvalue weighted by molar-refractivity contribution is 5.82. The average Bonchev–Trinajstić information content (AvgIpc) is 2.90. The van der Waals surface area contributed by atoms with Gasteiger partial charge in [0.05, 0.1) is 12.9 Å². The number of imidazole rings is 1. The lowest BCUT2D eigenvalue weighted by molar-refractivity contribution is -0.139. The summed E-state index contributed by atoms with van der Waals surface area (Å²) in [5.41, 5.74) is 0.558. The second-order valence-corrected chi connectivity index (χ2v) is 4.04. The maximum atomic E-state index is 11.8. The van der Waals surface area contributed by atoms with E-state index in [0.29, 0.717) is 5.69 Å². The molecule has 0 bridgehead atoms. The Balaban J connectivity index is 2.27. The molecule has 0 aromatic carbocycles. The second kappa shape index (κ2) is 8.84. The predicted octanol–water partition coefficient (Wildman–Crippen LogP) is -0.0137. The number of halogens is 2. The van der Waals surface area contributed by atoms with Crippen molar-refractivity contribution in [3.63, 3.8) is 0 Å². The number of carbonyl (C=O) groups excluding carboxylic acids is 1. The molecule has 1 atom stereocenters. The number of H-pyrrole nitrogens is 1. The van der Waals surface area contributed by atoms with Crippen molar-refractivity contribution >= 4 is 12.0 Å². The van der Waals surface area contributed by atoms with Crippen molar-refractivity contribution in [3.05, 3.63) is 18.2 Å². The number of alkyl halides is 2. The number of aromatic nitrogens is 2. The van der Waals surface area contributed by atoms with Gasteiger partial charge in [-0.05, 0) is 0 Å². The van der Waals surface area contributed by atoms with Gasteiger partial charge in [-0.3, -0.25) is 0 Å². The number of rotatable bonds is 9. The summed E-state index contributed by atoms with van der Waals surface area (Å²) in [4.78, 5) is 29.0. The van der Waals surface area contributed by atoms with Gasteiger partial charge < -0.3 is 25.5 Å². The molecular formula is C11H16F2N4O4. The third-order valence-corrected chi connectivity index (χ3v) is 2.36. The summed E-state index contributed by atoms with van der Waals surface area (Å²) in [7, 11) is 0. The molecule has 1 rings (SSSR count). The molecule has 10 heteroatoms. The molecule has 0 fully saturated rings. The van der Waals surface area contributed by atoms with Crippen LogP contribution in [-0.2, 0) is 16.0 Å². The molecule has 2 amide bonds. The number of carboxylic acid groups (broad SMARTS) is 1. The van der Waals surface area contributed by atoms with Crippen molar-refractivity contribution < 1.29 is 28.2 Å². The van der Waals surface area contributed by atoms with Crippen molar-refractivity contribution in [1.82, 2.24) is 20.6 Å². The fourth-order valence-corrected chi connectivity index (χ4v) is 1.43. The maximum absolute atomic E-state index is 11.8. The summed E-state index contributed by atoms with van der Waals surface area (Å²) in [6.45, 7) is -0.800. The molecule has 1 unspecified atom stereocenters. The summed E-state index contributed by atoms with van der Waals surface area (Å²) < 4.78 is 28.1. The van der Waals surface area contributed by atoms with Gasteiger partial charge in [-0.15, -0.1) is 0 Å². The average molecular weight is 306 g/mol. The normalized spacial score (nSPS) is 12.1. The third kappa shape index (κ3) is 7.20.